The number of benzene rings is 1. The summed E-state index contributed by atoms with van der Waals surface area (Å²) in [7, 11) is 3.18. The fourth-order valence-electron chi connectivity index (χ4n) is 2.34. The maximum atomic E-state index is 12.7. The molecule has 118 valence electrons. The minimum absolute atomic E-state index is 0.0920. The zero-order valence-corrected chi connectivity index (χ0v) is 11.8. The van der Waals surface area contributed by atoms with Gasteiger partial charge in [-0.1, -0.05) is 0 Å². The van der Waals surface area contributed by atoms with Crippen molar-refractivity contribution < 1.29 is 22.7 Å². The van der Waals surface area contributed by atoms with Crippen LogP contribution in [0.2, 0.25) is 0 Å². The quantitative estimate of drug-likeness (QED) is 0.837. The van der Waals surface area contributed by atoms with E-state index in [9.17, 15) is 18.0 Å². The van der Waals surface area contributed by atoms with Crippen molar-refractivity contribution in [1.29, 1.82) is 0 Å². The Balaban J connectivity index is 2.11. The van der Waals surface area contributed by atoms with E-state index in [1.54, 1.807) is 14.1 Å². The molecule has 0 aliphatic carbocycles. The van der Waals surface area contributed by atoms with Crippen LogP contribution >= 0.6 is 0 Å². The van der Waals surface area contributed by atoms with E-state index in [2.05, 4.69) is 15.3 Å². The van der Waals surface area contributed by atoms with Gasteiger partial charge in [-0.05, 0) is 13.1 Å². The van der Waals surface area contributed by atoms with Crippen LogP contribution in [0.3, 0.4) is 0 Å². The molecule has 1 aromatic heterocycles. The number of carbonyl (C=O) groups excluding carboxylic acids is 1. The number of nitrogens with one attached hydrogen (secondary N) is 2. The molecule has 1 aliphatic rings. The van der Waals surface area contributed by atoms with Crippen molar-refractivity contribution >= 4 is 22.6 Å². The Hall–Kier alpha value is -2.29. The number of anilines is 1. The molecule has 0 spiro atoms. The summed E-state index contributed by atoms with van der Waals surface area (Å²) >= 11 is 0. The van der Waals surface area contributed by atoms with Crippen LogP contribution in [0, 0.1) is 0 Å². The lowest BCUT2D eigenvalue weighted by molar-refractivity contribution is -0.144. The van der Waals surface area contributed by atoms with Gasteiger partial charge in [-0.2, -0.15) is 13.2 Å². The fourth-order valence-corrected chi connectivity index (χ4v) is 2.34. The van der Waals surface area contributed by atoms with Crippen LogP contribution in [-0.2, 0) is 11.0 Å². The minimum Gasteiger partial charge on any atom is -0.489 e. The molecule has 0 fully saturated rings. The van der Waals surface area contributed by atoms with Gasteiger partial charge >= 0.3 is 6.18 Å². The van der Waals surface area contributed by atoms with E-state index >= 15 is 0 Å². The molecule has 1 aromatic carbocycles. The Bertz CT molecular complexity index is 741. The summed E-state index contributed by atoms with van der Waals surface area (Å²) in [5.41, 5.74) is 0.722. The monoisotopic (exact) mass is 314 g/mol. The van der Waals surface area contributed by atoms with Gasteiger partial charge in [0.25, 0.3) is 0 Å². The highest BCUT2D eigenvalue weighted by molar-refractivity contribution is 6.00. The van der Waals surface area contributed by atoms with Crippen LogP contribution in [0.5, 0.6) is 5.75 Å². The van der Waals surface area contributed by atoms with Crippen LogP contribution < -0.4 is 15.0 Å². The van der Waals surface area contributed by atoms with E-state index in [0.29, 0.717) is 11.4 Å². The number of nitrogens with zero attached hydrogens (tertiary/aromatic N) is 2. The first-order chi connectivity index (χ1) is 10.3. The number of halogens is 3. The van der Waals surface area contributed by atoms with Crippen molar-refractivity contribution in [3.05, 3.63) is 18.0 Å². The van der Waals surface area contributed by atoms with Gasteiger partial charge in [-0.15, -0.1) is 0 Å². The molecule has 6 nitrogen and oxygen atoms in total. The number of hydrogen-bond donors (Lipinski definition) is 2. The second-order valence-corrected chi connectivity index (χ2v) is 4.97. The number of aromatic amines is 1. The van der Waals surface area contributed by atoms with Gasteiger partial charge in [-0.25, -0.2) is 4.98 Å². The van der Waals surface area contributed by atoms with Gasteiger partial charge in [0.05, 0.1) is 16.7 Å². The molecule has 9 heteroatoms. The lowest BCUT2D eigenvalue weighted by Gasteiger charge is -2.19. The van der Waals surface area contributed by atoms with Gasteiger partial charge in [0.1, 0.15) is 18.4 Å². The number of fused-ring (bicyclic) bond motifs is 2. The SMILES string of the molecule is CN[C@H]1COc2cc3nc(C(F)(F)F)[nH]c3cc2N(C)C1=O. The minimum atomic E-state index is -4.56. The first kappa shape index (κ1) is 14.6. The molecule has 2 aromatic rings. The average Bonchev–Trinajstić information content (AvgIpc) is 2.84. The van der Waals surface area contributed by atoms with E-state index in [0.717, 1.165) is 0 Å². The summed E-state index contributed by atoms with van der Waals surface area (Å²) in [6, 6.07) is 2.32. The summed E-state index contributed by atoms with van der Waals surface area (Å²) in [6.45, 7) is 0.0920. The molecular formula is C13H13F3N4O2. The number of imidazole rings is 1. The zero-order valence-electron chi connectivity index (χ0n) is 11.8. The molecule has 2 heterocycles. The molecule has 3 rings (SSSR count). The van der Waals surface area contributed by atoms with Crippen LogP contribution in [0.25, 0.3) is 11.0 Å². The van der Waals surface area contributed by atoms with Crippen molar-refractivity contribution in [1.82, 2.24) is 15.3 Å². The van der Waals surface area contributed by atoms with Crippen molar-refractivity contribution in [2.24, 2.45) is 0 Å². The third-order valence-corrected chi connectivity index (χ3v) is 3.58. The number of hydrogen-bond acceptors (Lipinski definition) is 4. The topological polar surface area (TPSA) is 70.2 Å². The molecule has 1 amide bonds. The highest BCUT2D eigenvalue weighted by Crippen LogP contribution is 2.36. The van der Waals surface area contributed by atoms with Crippen LogP contribution in [-0.4, -0.2) is 42.6 Å². The molecule has 1 aliphatic heterocycles. The number of aromatic nitrogens is 2. The van der Waals surface area contributed by atoms with Crippen molar-refractivity contribution in [2.75, 3.05) is 25.6 Å². The average molecular weight is 314 g/mol. The van der Waals surface area contributed by atoms with Crippen molar-refractivity contribution in [3.8, 4) is 5.75 Å². The second kappa shape index (κ2) is 4.87. The van der Waals surface area contributed by atoms with Gasteiger partial charge in [-0.3, -0.25) is 4.79 Å². The predicted octanol–water partition coefficient (Wildman–Crippen LogP) is 1.52. The van der Waals surface area contributed by atoms with Gasteiger partial charge in [0.15, 0.2) is 0 Å². The Labute approximate surface area is 123 Å². The smallest absolute Gasteiger partial charge is 0.449 e. The molecule has 2 N–H and O–H groups in total. The summed E-state index contributed by atoms with van der Waals surface area (Å²) in [6.07, 6.45) is -4.56. The number of amides is 1. The first-order valence-corrected chi connectivity index (χ1v) is 6.50. The molecule has 1 atom stereocenters. The largest absolute Gasteiger partial charge is 0.489 e. The first-order valence-electron chi connectivity index (χ1n) is 6.50. The van der Waals surface area contributed by atoms with Gasteiger partial charge < -0.3 is 19.9 Å². The highest BCUT2D eigenvalue weighted by atomic mass is 19.4. The third kappa shape index (κ3) is 2.27. The maximum absolute atomic E-state index is 12.7. The van der Waals surface area contributed by atoms with E-state index in [1.807, 2.05) is 0 Å². The molecule has 0 saturated heterocycles. The maximum Gasteiger partial charge on any atom is 0.449 e. The molecular weight excluding hydrogens is 301 g/mol. The summed E-state index contributed by atoms with van der Waals surface area (Å²) < 4.78 is 43.7. The number of likely N-dealkylation sites (N-methyl/N-ethyl adjacent to an activating group) is 2. The Morgan fingerprint density at radius 1 is 1.45 bits per heavy atom. The summed E-state index contributed by atoms with van der Waals surface area (Å²) in [5, 5.41) is 2.83. The van der Waals surface area contributed by atoms with Crippen molar-refractivity contribution in [3.63, 3.8) is 0 Å². The van der Waals surface area contributed by atoms with Crippen LogP contribution in [0.4, 0.5) is 18.9 Å². The Kier molecular flexibility index (Phi) is 3.24. The highest BCUT2D eigenvalue weighted by Gasteiger charge is 2.35. The van der Waals surface area contributed by atoms with Crippen LogP contribution in [0.15, 0.2) is 12.1 Å². The number of H-pyrrole nitrogens is 1. The Morgan fingerprint density at radius 3 is 2.82 bits per heavy atom. The van der Waals surface area contributed by atoms with Gasteiger partial charge in [0, 0.05) is 13.1 Å². The van der Waals surface area contributed by atoms with E-state index in [4.69, 9.17) is 4.74 Å². The zero-order chi connectivity index (χ0) is 16.1. The predicted molar refractivity (Wildman–Crippen MR) is 72.8 cm³/mol. The lowest BCUT2D eigenvalue weighted by Crippen LogP contribution is -2.45. The molecule has 22 heavy (non-hydrogen) atoms. The fraction of sp³-hybridized carbons (Fsp3) is 0.385. The van der Waals surface area contributed by atoms with Crippen molar-refractivity contribution in [2.45, 2.75) is 12.2 Å². The number of carbonyl (C=O) groups is 1. The second-order valence-electron chi connectivity index (χ2n) is 4.97. The van der Waals surface area contributed by atoms with Crippen LogP contribution in [0.1, 0.15) is 5.82 Å². The summed E-state index contributed by atoms with van der Waals surface area (Å²) in [5.74, 6) is -0.984. The summed E-state index contributed by atoms with van der Waals surface area (Å²) in [4.78, 5) is 19.3. The molecule has 0 unspecified atom stereocenters. The van der Waals surface area contributed by atoms with E-state index in [-0.39, 0.29) is 23.5 Å². The number of alkyl halides is 3. The molecule has 0 bridgehead atoms. The third-order valence-electron chi connectivity index (χ3n) is 3.58. The van der Waals surface area contributed by atoms with E-state index in [1.165, 1.54) is 17.0 Å². The molecule has 0 saturated carbocycles. The normalized spacial score (nSPS) is 19.0. The molecule has 0 radical (unpaired) electrons. The Morgan fingerprint density at radius 2 is 2.18 bits per heavy atom. The lowest BCUT2D eigenvalue weighted by atomic mass is 10.2. The van der Waals surface area contributed by atoms with Gasteiger partial charge in [0.2, 0.25) is 11.7 Å². The number of ether oxygens (including phenoxy) is 1. The van der Waals surface area contributed by atoms with E-state index < -0.39 is 18.0 Å². The standard InChI is InChI=1S/C13H13F3N4O2/c1-17-8-5-22-10-4-7-6(3-9(10)20(2)11(8)21)18-12(19-7)13(14,15)16/h3-4,8,17H,5H2,1-2H3,(H,18,19)/t8-/m0/s1. The number of rotatable bonds is 1.